The first kappa shape index (κ1) is 19.0. The zero-order valence-electron chi connectivity index (χ0n) is 12.5. The average Bonchev–Trinajstić information content (AvgIpc) is 2.46. The number of hydrogen-bond donors (Lipinski definition) is 2. The van der Waals surface area contributed by atoms with Gasteiger partial charge in [0.1, 0.15) is 0 Å². The fourth-order valence-electron chi connectivity index (χ4n) is 1.56. The Kier molecular flexibility index (Phi) is 7.97. The molecule has 126 valence electrons. The van der Waals surface area contributed by atoms with Crippen LogP contribution in [0.5, 0.6) is 0 Å². The van der Waals surface area contributed by atoms with E-state index in [-0.39, 0.29) is 24.7 Å². The molecule has 0 saturated carbocycles. The molecule has 0 aliphatic heterocycles. The maximum atomic E-state index is 11.8. The highest BCUT2D eigenvalue weighted by molar-refractivity contribution is 7.91. The monoisotopic (exact) mass is 350 g/mol. The maximum absolute atomic E-state index is 11.8. The number of nitrogen functional groups attached to an aromatic ring is 1. The van der Waals surface area contributed by atoms with Gasteiger partial charge in [0, 0.05) is 18.8 Å². The van der Waals surface area contributed by atoms with Crippen LogP contribution in [0.1, 0.15) is 0 Å². The third-order valence-electron chi connectivity index (χ3n) is 2.92. The molecular formula is C13H22N2O5S2. The molecule has 1 rings (SSSR count). The van der Waals surface area contributed by atoms with Gasteiger partial charge in [-0.1, -0.05) is 0 Å². The van der Waals surface area contributed by atoms with Gasteiger partial charge in [0.15, 0.2) is 20.9 Å². The molecule has 1 atom stereocenters. The number of aliphatic hydroxyl groups is 1. The number of anilines is 1. The van der Waals surface area contributed by atoms with Crippen LogP contribution in [-0.4, -0.2) is 67.5 Å². The molecule has 1 aromatic rings. The van der Waals surface area contributed by atoms with Crippen molar-refractivity contribution < 1.29 is 21.9 Å². The standard InChI is InChI=1S/C13H22N2O5S2/c1-15(7-10-22(18,19)11-8-16)6-9-20-21(17)13-4-2-12(14)3-5-13/h2-5,16H,6-11,14H2,1H3. The van der Waals surface area contributed by atoms with Crippen LogP contribution in [-0.2, 0) is 25.1 Å². The number of benzene rings is 1. The van der Waals surface area contributed by atoms with Crippen molar-refractivity contribution in [3.05, 3.63) is 24.3 Å². The highest BCUT2D eigenvalue weighted by Gasteiger charge is 2.12. The summed E-state index contributed by atoms with van der Waals surface area (Å²) >= 11 is -1.57. The fraction of sp³-hybridized carbons (Fsp3) is 0.538. The summed E-state index contributed by atoms with van der Waals surface area (Å²) in [6, 6.07) is 6.57. The van der Waals surface area contributed by atoms with Crippen molar-refractivity contribution in [1.29, 1.82) is 0 Å². The van der Waals surface area contributed by atoms with E-state index in [1.807, 2.05) is 0 Å². The minimum atomic E-state index is -3.22. The van der Waals surface area contributed by atoms with Crippen LogP contribution >= 0.6 is 0 Å². The fourth-order valence-corrected chi connectivity index (χ4v) is 3.36. The van der Waals surface area contributed by atoms with Crippen molar-refractivity contribution in [1.82, 2.24) is 4.90 Å². The second-order valence-electron chi connectivity index (χ2n) is 4.80. The number of aliphatic hydroxyl groups excluding tert-OH is 1. The third-order valence-corrected chi connectivity index (χ3v) is 5.57. The van der Waals surface area contributed by atoms with Gasteiger partial charge in [-0.15, -0.1) is 0 Å². The average molecular weight is 350 g/mol. The molecule has 1 unspecified atom stereocenters. The van der Waals surface area contributed by atoms with E-state index in [0.29, 0.717) is 23.7 Å². The Morgan fingerprint density at radius 1 is 1.23 bits per heavy atom. The first-order valence-electron chi connectivity index (χ1n) is 6.74. The Labute approximate surface area is 133 Å². The molecular weight excluding hydrogens is 328 g/mol. The molecule has 0 amide bonds. The van der Waals surface area contributed by atoms with E-state index in [1.165, 1.54) is 0 Å². The van der Waals surface area contributed by atoms with Crippen molar-refractivity contribution in [2.45, 2.75) is 4.90 Å². The minimum absolute atomic E-state index is 0.0227. The lowest BCUT2D eigenvalue weighted by Crippen LogP contribution is -2.30. The van der Waals surface area contributed by atoms with Crippen LogP contribution in [0.2, 0.25) is 0 Å². The molecule has 0 aliphatic rings. The SMILES string of the molecule is CN(CCOS(=O)c1ccc(N)cc1)CCS(=O)(=O)CCO. The van der Waals surface area contributed by atoms with Gasteiger partial charge in [0.05, 0.1) is 29.6 Å². The van der Waals surface area contributed by atoms with Gasteiger partial charge < -0.3 is 15.7 Å². The van der Waals surface area contributed by atoms with E-state index in [4.69, 9.17) is 15.0 Å². The molecule has 3 N–H and O–H groups in total. The molecule has 22 heavy (non-hydrogen) atoms. The maximum Gasteiger partial charge on any atom is 0.189 e. The lowest BCUT2D eigenvalue weighted by atomic mass is 10.3. The number of rotatable bonds is 10. The van der Waals surface area contributed by atoms with E-state index in [2.05, 4.69) is 0 Å². The Bertz CT molecular complexity index is 575. The van der Waals surface area contributed by atoms with E-state index in [9.17, 15) is 12.6 Å². The van der Waals surface area contributed by atoms with Crippen molar-refractivity contribution in [3.8, 4) is 0 Å². The van der Waals surface area contributed by atoms with Gasteiger partial charge in [-0.3, -0.25) is 4.18 Å². The smallest absolute Gasteiger partial charge is 0.189 e. The van der Waals surface area contributed by atoms with Crippen LogP contribution < -0.4 is 5.73 Å². The zero-order valence-corrected chi connectivity index (χ0v) is 14.1. The predicted octanol–water partition coefficient (Wildman–Crippen LogP) is -0.353. The number of nitrogens with two attached hydrogens (primary N) is 1. The van der Waals surface area contributed by atoms with Gasteiger partial charge in [0.25, 0.3) is 0 Å². The normalized spacial score (nSPS) is 13.4. The minimum Gasteiger partial charge on any atom is -0.399 e. The lowest BCUT2D eigenvalue weighted by molar-refractivity contribution is 0.259. The molecule has 0 aromatic heterocycles. The highest BCUT2D eigenvalue weighted by Crippen LogP contribution is 2.10. The van der Waals surface area contributed by atoms with E-state index in [0.717, 1.165) is 0 Å². The Morgan fingerprint density at radius 2 is 1.86 bits per heavy atom. The van der Waals surface area contributed by atoms with E-state index < -0.39 is 20.9 Å². The van der Waals surface area contributed by atoms with E-state index >= 15 is 0 Å². The number of nitrogens with zero attached hydrogens (tertiary/aromatic N) is 1. The first-order valence-corrected chi connectivity index (χ1v) is 9.64. The van der Waals surface area contributed by atoms with Gasteiger partial charge in [-0.25, -0.2) is 12.6 Å². The Hall–Kier alpha value is -1.00. The number of hydrogen-bond acceptors (Lipinski definition) is 7. The summed E-state index contributed by atoms with van der Waals surface area (Å²) in [7, 11) is -1.47. The molecule has 0 fully saturated rings. The van der Waals surface area contributed by atoms with Crippen molar-refractivity contribution in [2.75, 3.05) is 50.6 Å². The quantitative estimate of drug-likeness (QED) is 0.555. The zero-order chi connectivity index (χ0) is 16.6. The van der Waals surface area contributed by atoms with Crippen LogP contribution in [0.15, 0.2) is 29.2 Å². The summed E-state index contributed by atoms with van der Waals surface area (Å²) in [6.07, 6.45) is 0. The van der Waals surface area contributed by atoms with Crippen molar-refractivity contribution >= 4 is 26.6 Å². The van der Waals surface area contributed by atoms with Crippen LogP contribution in [0, 0.1) is 0 Å². The summed E-state index contributed by atoms with van der Waals surface area (Å²) in [5, 5.41) is 8.64. The van der Waals surface area contributed by atoms with Gasteiger partial charge in [0.2, 0.25) is 0 Å². The topological polar surface area (TPSA) is 110 Å². The second-order valence-corrected chi connectivity index (χ2v) is 8.28. The highest BCUT2D eigenvalue weighted by atomic mass is 32.2. The van der Waals surface area contributed by atoms with Gasteiger partial charge >= 0.3 is 0 Å². The van der Waals surface area contributed by atoms with Crippen LogP contribution in [0.3, 0.4) is 0 Å². The van der Waals surface area contributed by atoms with Crippen LogP contribution in [0.4, 0.5) is 5.69 Å². The Balaban J connectivity index is 2.28. The summed E-state index contributed by atoms with van der Waals surface area (Å²) in [5.41, 5.74) is 6.13. The molecule has 0 aliphatic carbocycles. The third kappa shape index (κ3) is 7.32. The molecule has 0 saturated heterocycles. The molecule has 7 nitrogen and oxygen atoms in total. The summed E-state index contributed by atoms with van der Waals surface area (Å²) < 4.78 is 40.0. The van der Waals surface area contributed by atoms with E-state index in [1.54, 1.807) is 36.2 Å². The lowest BCUT2D eigenvalue weighted by Gasteiger charge is -2.16. The summed E-state index contributed by atoms with van der Waals surface area (Å²) in [5.74, 6) is -0.246. The number of sulfone groups is 1. The molecule has 9 heteroatoms. The first-order chi connectivity index (χ1) is 10.3. The second kappa shape index (κ2) is 9.21. The molecule has 0 radical (unpaired) electrons. The molecule has 1 aromatic carbocycles. The van der Waals surface area contributed by atoms with Crippen LogP contribution in [0.25, 0.3) is 0 Å². The molecule has 0 spiro atoms. The van der Waals surface area contributed by atoms with Crippen molar-refractivity contribution in [3.63, 3.8) is 0 Å². The summed E-state index contributed by atoms with van der Waals surface area (Å²) in [6.45, 7) is 0.638. The predicted molar refractivity (Wildman–Crippen MR) is 86.5 cm³/mol. The van der Waals surface area contributed by atoms with Gasteiger partial charge in [-0.05, 0) is 31.3 Å². The summed E-state index contributed by atoms with van der Waals surface area (Å²) in [4.78, 5) is 2.30. The van der Waals surface area contributed by atoms with Crippen molar-refractivity contribution in [2.24, 2.45) is 0 Å². The molecule has 0 bridgehead atoms. The largest absolute Gasteiger partial charge is 0.399 e. The Morgan fingerprint density at radius 3 is 2.45 bits per heavy atom. The van der Waals surface area contributed by atoms with Gasteiger partial charge in [-0.2, -0.15) is 0 Å². The number of likely N-dealkylation sites (N-methyl/N-ethyl adjacent to an activating group) is 1. The molecule has 0 heterocycles.